The van der Waals surface area contributed by atoms with Gasteiger partial charge in [-0.05, 0) is 39.2 Å². The second-order valence-corrected chi connectivity index (χ2v) is 4.55. The van der Waals surface area contributed by atoms with Gasteiger partial charge in [0.25, 0.3) is 0 Å². The van der Waals surface area contributed by atoms with E-state index in [1.807, 2.05) is 48.5 Å². The van der Waals surface area contributed by atoms with Crippen LogP contribution in [-0.2, 0) is 13.2 Å². The molecule has 0 saturated heterocycles. The van der Waals surface area contributed by atoms with Crippen molar-refractivity contribution in [1.82, 2.24) is 0 Å². The number of halogens is 1. The Morgan fingerprint density at radius 2 is 1.76 bits per heavy atom. The van der Waals surface area contributed by atoms with Crippen molar-refractivity contribution in [2.24, 2.45) is 0 Å². The molecule has 0 atom stereocenters. The van der Waals surface area contributed by atoms with Crippen molar-refractivity contribution in [3.8, 4) is 5.75 Å². The minimum atomic E-state index is 0.0584. The van der Waals surface area contributed by atoms with E-state index in [0.29, 0.717) is 6.61 Å². The van der Waals surface area contributed by atoms with E-state index in [2.05, 4.69) is 15.9 Å². The van der Waals surface area contributed by atoms with Crippen LogP contribution >= 0.6 is 15.9 Å². The fourth-order valence-electron chi connectivity index (χ4n) is 1.54. The monoisotopic (exact) mass is 292 g/mol. The molecule has 0 saturated carbocycles. The zero-order valence-electron chi connectivity index (χ0n) is 9.27. The topological polar surface area (TPSA) is 29.5 Å². The van der Waals surface area contributed by atoms with E-state index in [0.717, 1.165) is 21.3 Å². The maximum Gasteiger partial charge on any atom is 0.133 e. The maximum atomic E-state index is 9.04. The molecular formula is C14H13BrO2. The first-order valence-electron chi connectivity index (χ1n) is 5.35. The summed E-state index contributed by atoms with van der Waals surface area (Å²) in [6.45, 7) is 0.555. The summed E-state index contributed by atoms with van der Waals surface area (Å²) in [5.74, 6) is 0.821. The lowest BCUT2D eigenvalue weighted by Crippen LogP contribution is -1.97. The minimum Gasteiger partial charge on any atom is -0.488 e. The van der Waals surface area contributed by atoms with Gasteiger partial charge in [0, 0.05) is 0 Å². The molecule has 3 heteroatoms. The summed E-state index contributed by atoms with van der Waals surface area (Å²) in [4.78, 5) is 0. The molecular weight excluding hydrogens is 280 g/mol. The fraction of sp³-hybridized carbons (Fsp3) is 0.143. The molecule has 0 bridgehead atoms. The van der Waals surface area contributed by atoms with E-state index in [9.17, 15) is 0 Å². The van der Waals surface area contributed by atoms with Crippen molar-refractivity contribution in [3.05, 3.63) is 64.1 Å². The van der Waals surface area contributed by atoms with Gasteiger partial charge in [-0.2, -0.15) is 0 Å². The summed E-state index contributed by atoms with van der Waals surface area (Å²) >= 11 is 3.43. The number of hydrogen-bond donors (Lipinski definition) is 1. The summed E-state index contributed by atoms with van der Waals surface area (Å²) < 4.78 is 6.64. The molecule has 0 spiro atoms. The number of rotatable bonds is 4. The fourth-order valence-corrected chi connectivity index (χ4v) is 1.94. The lowest BCUT2D eigenvalue weighted by Gasteiger charge is -2.08. The highest BCUT2D eigenvalue weighted by Gasteiger charge is 2.00. The molecule has 2 rings (SSSR count). The van der Waals surface area contributed by atoms with Crippen LogP contribution in [0.1, 0.15) is 11.1 Å². The van der Waals surface area contributed by atoms with Crippen molar-refractivity contribution in [1.29, 1.82) is 0 Å². The van der Waals surface area contributed by atoms with Crippen molar-refractivity contribution >= 4 is 15.9 Å². The minimum absolute atomic E-state index is 0.0584. The van der Waals surface area contributed by atoms with Crippen LogP contribution in [0.2, 0.25) is 0 Å². The highest BCUT2D eigenvalue weighted by molar-refractivity contribution is 9.10. The van der Waals surface area contributed by atoms with Gasteiger partial charge >= 0.3 is 0 Å². The van der Waals surface area contributed by atoms with Gasteiger partial charge in [-0.25, -0.2) is 0 Å². The summed E-state index contributed by atoms with van der Waals surface area (Å²) in [7, 11) is 0. The molecule has 0 amide bonds. The number of aliphatic hydroxyl groups is 1. The summed E-state index contributed by atoms with van der Waals surface area (Å²) in [6, 6.07) is 15.5. The Bertz CT molecular complexity index is 497. The van der Waals surface area contributed by atoms with E-state index in [1.54, 1.807) is 0 Å². The van der Waals surface area contributed by atoms with Gasteiger partial charge in [0.2, 0.25) is 0 Å². The molecule has 0 fully saturated rings. The molecule has 1 N–H and O–H groups in total. The van der Waals surface area contributed by atoms with E-state index >= 15 is 0 Å². The van der Waals surface area contributed by atoms with Crippen LogP contribution in [0, 0.1) is 0 Å². The third-order valence-electron chi connectivity index (χ3n) is 2.40. The Labute approximate surface area is 109 Å². The van der Waals surface area contributed by atoms with Gasteiger partial charge in [0.05, 0.1) is 11.1 Å². The van der Waals surface area contributed by atoms with Gasteiger partial charge in [-0.3, -0.25) is 0 Å². The quantitative estimate of drug-likeness (QED) is 0.934. The first kappa shape index (κ1) is 12.1. The lowest BCUT2D eigenvalue weighted by atomic mass is 10.1. The van der Waals surface area contributed by atoms with E-state index in [4.69, 9.17) is 9.84 Å². The van der Waals surface area contributed by atoms with E-state index in [-0.39, 0.29) is 6.61 Å². The Balaban J connectivity index is 2.05. The largest absolute Gasteiger partial charge is 0.488 e. The molecule has 2 nitrogen and oxygen atoms in total. The lowest BCUT2D eigenvalue weighted by molar-refractivity contribution is 0.280. The Hall–Kier alpha value is -1.32. The Morgan fingerprint density at radius 1 is 1.00 bits per heavy atom. The number of aliphatic hydroxyl groups excluding tert-OH is 1. The molecule has 17 heavy (non-hydrogen) atoms. The van der Waals surface area contributed by atoms with Crippen LogP contribution in [0.5, 0.6) is 5.75 Å². The number of para-hydroxylation sites is 1. The Morgan fingerprint density at radius 3 is 2.53 bits per heavy atom. The summed E-state index contributed by atoms with van der Waals surface area (Å²) in [5, 5.41) is 9.04. The second kappa shape index (κ2) is 5.84. The molecule has 2 aromatic rings. The van der Waals surface area contributed by atoms with E-state index < -0.39 is 0 Å². The van der Waals surface area contributed by atoms with Crippen LogP contribution in [0.15, 0.2) is 53.0 Å². The first-order chi connectivity index (χ1) is 8.29. The van der Waals surface area contributed by atoms with Gasteiger partial charge in [0.15, 0.2) is 0 Å². The molecule has 0 aliphatic carbocycles. The van der Waals surface area contributed by atoms with Crippen LogP contribution in [-0.4, -0.2) is 5.11 Å². The van der Waals surface area contributed by atoms with Gasteiger partial charge < -0.3 is 9.84 Å². The summed E-state index contributed by atoms with van der Waals surface area (Å²) in [6.07, 6.45) is 0. The zero-order valence-corrected chi connectivity index (χ0v) is 10.9. The third-order valence-corrected chi connectivity index (χ3v) is 3.06. The average Bonchev–Trinajstić information content (AvgIpc) is 2.38. The standard InChI is InChI=1S/C14H13BrO2/c15-13-6-1-2-7-14(13)17-10-12-5-3-4-11(8-12)9-16/h1-8,16H,9-10H2. The smallest absolute Gasteiger partial charge is 0.133 e. The summed E-state index contributed by atoms with van der Waals surface area (Å²) in [5.41, 5.74) is 1.95. The normalized spacial score (nSPS) is 10.2. The molecule has 0 aromatic heterocycles. The van der Waals surface area contributed by atoms with Crippen LogP contribution < -0.4 is 4.74 Å². The van der Waals surface area contributed by atoms with Crippen molar-refractivity contribution in [2.75, 3.05) is 0 Å². The first-order valence-corrected chi connectivity index (χ1v) is 6.15. The predicted molar refractivity (Wildman–Crippen MR) is 70.8 cm³/mol. The van der Waals surface area contributed by atoms with Crippen molar-refractivity contribution in [3.63, 3.8) is 0 Å². The third kappa shape index (κ3) is 3.32. The van der Waals surface area contributed by atoms with Gasteiger partial charge in [-0.1, -0.05) is 36.4 Å². The highest BCUT2D eigenvalue weighted by Crippen LogP contribution is 2.24. The Kier molecular flexibility index (Phi) is 4.18. The van der Waals surface area contributed by atoms with Crippen molar-refractivity contribution < 1.29 is 9.84 Å². The molecule has 0 aliphatic heterocycles. The molecule has 88 valence electrons. The molecule has 2 aromatic carbocycles. The highest BCUT2D eigenvalue weighted by atomic mass is 79.9. The van der Waals surface area contributed by atoms with Crippen LogP contribution in [0.3, 0.4) is 0 Å². The molecule has 0 aliphatic rings. The van der Waals surface area contributed by atoms with Crippen LogP contribution in [0.25, 0.3) is 0 Å². The van der Waals surface area contributed by atoms with Crippen molar-refractivity contribution in [2.45, 2.75) is 13.2 Å². The molecule has 0 heterocycles. The number of hydrogen-bond acceptors (Lipinski definition) is 2. The van der Waals surface area contributed by atoms with Crippen LogP contribution in [0.4, 0.5) is 0 Å². The van der Waals surface area contributed by atoms with E-state index in [1.165, 1.54) is 0 Å². The number of ether oxygens (including phenoxy) is 1. The second-order valence-electron chi connectivity index (χ2n) is 3.70. The zero-order chi connectivity index (χ0) is 12.1. The molecule has 0 radical (unpaired) electrons. The SMILES string of the molecule is OCc1cccc(COc2ccccc2Br)c1. The number of benzene rings is 2. The maximum absolute atomic E-state index is 9.04. The molecule has 0 unspecified atom stereocenters. The van der Waals surface area contributed by atoms with Gasteiger partial charge in [-0.15, -0.1) is 0 Å². The predicted octanol–water partition coefficient (Wildman–Crippen LogP) is 3.52. The average molecular weight is 293 g/mol. The van der Waals surface area contributed by atoms with Gasteiger partial charge in [0.1, 0.15) is 12.4 Å².